The van der Waals surface area contributed by atoms with Crippen LogP contribution in [0, 0.1) is 5.92 Å². The smallest absolute Gasteiger partial charge is 0.129 e. The van der Waals surface area contributed by atoms with Gasteiger partial charge in [0.15, 0.2) is 0 Å². The molecule has 14 heavy (non-hydrogen) atoms. The molecule has 1 aliphatic rings. The predicted octanol–water partition coefficient (Wildman–Crippen LogP) is 2.85. The molecule has 0 amide bonds. The fourth-order valence-electron chi connectivity index (χ4n) is 1.91. The maximum atomic E-state index is 4.39. The number of hydrogen-bond acceptors (Lipinski definition) is 2. The lowest BCUT2D eigenvalue weighted by atomic mass is 9.81. The monoisotopic (exact) mass is 190 g/mol. The summed E-state index contributed by atoms with van der Waals surface area (Å²) < 4.78 is 0. The standard InChI is InChI=1S/C12H18N2/c1-3-10-5-4-8-13-12(10)14-11-7-6-9(11)2/h4-5,8-9,11H,3,6-7H2,1-2H3,(H,13,14). The van der Waals surface area contributed by atoms with E-state index < -0.39 is 0 Å². The van der Waals surface area contributed by atoms with Crippen LogP contribution in [0.4, 0.5) is 5.82 Å². The second-order valence-corrected chi connectivity index (χ2v) is 4.17. The lowest BCUT2D eigenvalue weighted by molar-refractivity contribution is 0.303. The van der Waals surface area contributed by atoms with E-state index in [1.807, 2.05) is 12.3 Å². The van der Waals surface area contributed by atoms with Gasteiger partial charge in [-0.1, -0.05) is 19.9 Å². The van der Waals surface area contributed by atoms with Crippen molar-refractivity contribution in [2.24, 2.45) is 5.92 Å². The van der Waals surface area contributed by atoms with Crippen molar-refractivity contribution in [1.82, 2.24) is 4.98 Å². The first kappa shape index (κ1) is 9.50. The third kappa shape index (κ3) is 1.74. The fourth-order valence-corrected chi connectivity index (χ4v) is 1.91. The molecular weight excluding hydrogens is 172 g/mol. The highest BCUT2D eigenvalue weighted by atomic mass is 15.0. The number of pyridine rings is 1. The summed E-state index contributed by atoms with van der Waals surface area (Å²) in [6.07, 6.45) is 5.56. The van der Waals surface area contributed by atoms with Crippen LogP contribution >= 0.6 is 0 Å². The van der Waals surface area contributed by atoms with E-state index in [0.29, 0.717) is 6.04 Å². The number of anilines is 1. The summed E-state index contributed by atoms with van der Waals surface area (Å²) in [5.74, 6) is 1.90. The van der Waals surface area contributed by atoms with Crippen LogP contribution in [0.1, 0.15) is 32.3 Å². The van der Waals surface area contributed by atoms with Crippen LogP contribution in [0.3, 0.4) is 0 Å². The Bertz CT molecular complexity index is 309. The van der Waals surface area contributed by atoms with E-state index in [1.54, 1.807) is 0 Å². The summed E-state index contributed by atoms with van der Waals surface area (Å²) in [6.45, 7) is 4.47. The van der Waals surface area contributed by atoms with Gasteiger partial charge in [0.2, 0.25) is 0 Å². The molecule has 0 aromatic carbocycles. The molecule has 1 fully saturated rings. The molecule has 0 spiro atoms. The van der Waals surface area contributed by atoms with Gasteiger partial charge in [-0.15, -0.1) is 0 Å². The molecule has 2 unspecified atom stereocenters. The van der Waals surface area contributed by atoms with Crippen molar-refractivity contribution in [2.45, 2.75) is 39.2 Å². The number of aromatic nitrogens is 1. The molecule has 1 heterocycles. The lowest BCUT2D eigenvalue weighted by Crippen LogP contribution is -2.36. The maximum Gasteiger partial charge on any atom is 0.129 e. The van der Waals surface area contributed by atoms with Crippen LogP contribution in [0.2, 0.25) is 0 Å². The number of nitrogens with one attached hydrogen (secondary N) is 1. The zero-order valence-corrected chi connectivity index (χ0v) is 8.96. The third-order valence-electron chi connectivity index (χ3n) is 3.21. The molecule has 2 heteroatoms. The van der Waals surface area contributed by atoms with Gasteiger partial charge in [-0.2, -0.15) is 0 Å². The van der Waals surface area contributed by atoms with Crippen molar-refractivity contribution < 1.29 is 0 Å². The summed E-state index contributed by atoms with van der Waals surface area (Å²) in [7, 11) is 0. The molecule has 0 saturated heterocycles. The number of rotatable bonds is 3. The quantitative estimate of drug-likeness (QED) is 0.792. The van der Waals surface area contributed by atoms with Crippen molar-refractivity contribution in [1.29, 1.82) is 0 Å². The number of hydrogen-bond donors (Lipinski definition) is 1. The second kappa shape index (κ2) is 3.99. The number of nitrogens with zero attached hydrogens (tertiary/aromatic N) is 1. The van der Waals surface area contributed by atoms with E-state index >= 15 is 0 Å². The molecule has 1 aliphatic carbocycles. The molecule has 0 radical (unpaired) electrons. The summed E-state index contributed by atoms with van der Waals surface area (Å²) in [6, 6.07) is 4.81. The predicted molar refractivity (Wildman–Crippen MR) is 59.4 cm³/mol. The first-order valence-corrected chi connectivity index (χ1v) is 5.51. The van der Waals surface area contributed by atoms with Gasteiger partial charge in [0.1, 0.15) is 5.82 Å². The van der Waals surface area contributed by atoms with Gasteiger partial charge in [0.25, 0.3) is 0 Å². The Balaban J connectivity index is 2.07. The van der Waals surface area contributed by atoms with Gasteiger partial charge < -0.3 is 5.32 Å². The Labute approximate surface area is 85.7 Å². The van der Waals surface area contributed by atoms with Gasteiger partial charge in [-0.3, -0.25) is 0 Å². The zero-order chi connectivity index (χ0) is 9.97. The Morgan fingerprint density at radius 2 is 2.36 bits per heavy atom. The minimum absolute atomic E-state index is 0.648. The van der Waals surface area contributed by atoms with Gasteiger partial charge in [-0.05, 0) is 36.8 Å². The SMILES string of the molecule is CCc1cccnc1NC1CCC1C. The molecule has 1 aromatic rings. The van der Waals surface area contributed by atoms with Crippen molar-refractivity contribution in [3.8, 4) is 0 Å². The summed E-state index contributed by atoms with van der Waals surface area (Å²) in [5.41, 5.74) is 1.33. The molecule has 1 saturated carbocycles. The van der Waals surface area contributed by atoms with E-state index in [1.165, 1.54) is 18.4 Å². The first-order chi connectivity index (χ1) is 6.81. The highest BCUT2D eigenvalue weighted by Crippen LogP contribution is 2.30. The van der Waals surface area contributed by atoms with Crippen LogP contribution in [0.25, 0.3) is 0 Å². The Morgan fingerprint density at radius 3 is 2.93 bits per heavy atom. The van der Waals surface area contributed by atoms with E-state index in [0.717, 1.165) is 18.2 Å². The molecule has 2 rings (SSSR count). The largest absolute Gasteiger partial charge is 0.367 e. The molecule has 0 bridgehead atoms. The van der Waals surface area contributed by atoms with Gasteiger partial charge in [-0.25, -0.2) is 4.98 Å². The van der Waals surface area contributed by atoms with Crippen LogP contribution < -0.4 is 5.32 Å². The zero-order valence-electron chi connectivity index (χ0n) is 8.96. The van der Waals surface area contributed by atoms with Crippen molar-refractivity contribution in [3.63, 3.8) is 0 Å². The highest BCUT2D eigenvalue weighted by molar-refractivity contribution is 5.45. The average Bonchev–Trinajstić information content (AvgIpc) is 2.24. The summed E-state index contributed by atoms with van der Waals surface area (Å²) >= 11 is 0. The minimum Gasteiger partial charge on any atom is -0.367 e. The first-order valence-electron chi connectivity index (χ1n) is 5.51. The van der Waals surface area contributed by atoms with Gasteiger partial charge in [0.05, 0.1) is 0 Å². The average molecular weight is 190 g/mol. The van der Waals surface area contributed by atoms with Crippen molar-refractivity contribution >= 4 is 5.82 Å². The Hall–Kier alpha value is -1.05. The maximum absolute atomic E-state index is 4.39. The second-order valence-electron chi connectivity index (χ2n) is 4.17. The van der Waals surface area contributed by atoms with Crippen molar-refractivity contribution in [3.05, 3.63) is 23.9 Å². The van der Waals surface area contributed by atoms with E-state index in [2.05, 4.69) is 30.2 Å². The van der Waals surface area contributed by atoms with Gasteiger partial charge in [0, 0.05) is 12.2 Å². The van der Waals surface area contributed by atoms with Crippen LogP contribution in [0.15, 0.2) is 18.3 Å². The number of aryl methyl sites for hydroxylation is 1. The Kier molecular flexibility index (Phi) is 2.71. The van der Waals surface area contributed by atoms with E-state index in [4.69, 9.17) is 0 Å². The molecule has 76 valence electrons. The van der Waals surface area contributed by atoms with E-state index in [9.17, 15) is 0 Å². The lowest BCUT2D eigenvalue weighted by Gasteiger charge is -2.35. The molecule has 0 aliphatic heterocycles. The normalized spacial score (nSPS) is 25.6. The molecule has 2 atom stereocenters. The minimum atomic E-state index is 0.648. The molecule has 1 aromatic heterocycles. The fraction of sp³-hybridized carbons (Fsp3) is 0.583. The van der Waals surface area contributed by atoms with E-state index in [-0.39, 0.29) is 0 Å². The third-order valence-corrected chi connectivity index (χ3v) is 3.21. The van der Waals surface area contributed by atoms with Crippen LogP contribution in [-0.2, 0) is 6.42 Å². The van der Waals surface area contributed by atoms with Crippen LogP contribution in [0.5, 0.6) is 0 Å². The topological polar surface area (TPSA) is 24.9 Å². The molecular formula is C12H18N2. The molecule has 1 N–H and O–H groups in total. The Morgan fingerprint density at radius 1 is 1.50 bits per heavy atom. The summed E-state index contributed by atoms with van der Waals surface area (Å²) in [5, 5.41) is 3.54. The van der Waals surface area contributed by atoms with Crippen molar-refractivity contribution in [2.75, 3.05) is 5.32 Å². The van der Waals surface area contributed by atoms with Crippen LogP contribution in [-0.4, -0.2) is 11.0 Å². The highest BCUT2D eigenvalue weighted by Gasteiger charge is 2.26. The summed E-state index contributed by atoms with van der Waals surface area (Å²) in [4.78, 5) is 4.39. The molecule has 2 nitrogen and oxygen atoms in total. The van der Waals surface area contributed by atoms with Gasteiger partial charge >= 0.3 is 0 Å².